The molecule has 0 bridgehead atoms. The van der Waals surface area contributed by atoms with Gasteiger partial charge in [0.05, 0.1) is 20.5 Å². The van der Waals surface area contributed by atoms with Gasteiger partial charge in [-0.25, -0.2) is 0 Å². The molecule has 0 spiro atoms. The van der Waals surface area contributed by atoms with E-state index in [0.29, 0.717) is 13.1 Å². The van der Waals surface area contributed by atoms with Crippen LogP contribution in [0.2, 0.25) is 0 Å². The van der Waals surface area contributed by atoms with Crippen molar-refractivity contribution in [2.75, 3.05) is 20.8 Å². The summed E-state index contributed by atoms with van der Waals surface area (Å²) in [4.78, 5) is 14.1. The molecule has 5 heteroatoms. The highest BCUT2D eigenvalue weighted by Crippen LogP contribution is 2.34. The van der Waals surface area contributed by atoms with Crippen molar-refractivity contribution in [2.24, 2.45) is 0 Å². The Balaban J connectivity index is 1.78. The number of furan rings is 1. The van der Waals surface area contributed by atoms with E-state index in [1.165, 1.54) is 0 Å². The molecule has 1 unspecified atom stereocenters. The first-order valence-corrected chi connectivity index (χ1v) is 9.67. The highest BCUT2D eigenvalue weighted by atomic mass is 16.5. The van der Waals surface area contributed by atoms with Crippen LogP contribution in [0.4, 0.5) is 0 Å². The fourth-order valence-electron chi connectivity index (χ4n) is 3.48. The van der Waals surface area contributed by atoms with Gasteiger partial charge < -0.3 is 18.8 Å². The molecular formula is C24H27NO4. The number of benzene rings is 2. The summed E-state index contributed by atoms with van der Waals surface area (Å²) in [6.07, 6.45) is 2.40. The number of para-hydroxylation sites is 1. The van der Waals surface area contributed by atoms with Crippen molar-refractivity contribution < 1.29 is 18.7 Å². The smallest absolute Gasteiger partial charge is 0.219 e. The van der Waals surface area contributed by atoms with Crippen molar-refractivity contribution in [1.82, 2.24) is 4.90 Å². The zero-order valence-electron chi connectivity index (χ0n) is 17.1. The molecule has 0 saturated carbocycles. The van der Waals surface area contributed by atoms with Crippen LogP contribution >= 0.6 is 0 Å². The first-order chi connectivity index (χ1) is 14.1. The highest BCUT2D eigenvalue weighted by Gasteiger charge is 2.22. The molecule has 2 aromatic carbocycles. The van der Waals surface area contributed by atoms with Crippen LogP contribution in [0.25, 0.3) is 0 Å². The number of nitrogens with zero attached hydrogens (tertiary/aromatic N) is 1. The third kappa shape index (κ3) is 5.19. The fourth-order valence-corrected chi connectivity index (χ4v) is 3.48. The van der Waals surface area contributed by atoms with Gasteiger partial charge in [0, 0.05) is 31.5 Å². The fraction of sp³-hybridized carbons (Fsp3) is 0.292. The predicted molar refractivity (Wildman–Crippen MR) is 112 cm³/mol. The Morgan fingerprint density at radius 2 is 1.76 bits per heavy atom. The van der Waals surface area contributed by atoms with Crippen LogP contribution in [0.3, 0.4) is 0 Å². The van der Waals surface area contributed by atoms with Crippen molar-refractivity contribution >= 4 is 5.91 Å². The molecule has 0 fully saturated rings. The van der Waals surface area contributed by atoms with Crippen LogP contribution in [-0.4, -0.2) is 31.6 Å². The summed E-state index contributed by atoms with van der Waals surface area (Å²) in [6.45, 7) is 2.76. The summed E-state index contributed by atoms with van der Waals surface area (Å²) in [5.74, 6) is 2.52. The van der Waals surface area contributed by atoms with Gasteiger partial charge in [-0.3, -0.25) is 4.79 Å². The molecule has 1 heterocycles. The zero-order valence-corrected chi connectivity index (χ0v) is 17.1. The number of ether oxygens (including phenoxy) is 2. The number of carbonyl (C=O) groups is 1. The van der Waals surface area contributed by atoms with E-state index in [-0.39, 0.29) is 11.8 Å². The van der Waals surface area contributed by atoms with E-state index in [0.717, 1.165) is 34.8 Å². The van der Waals surface area contributed by atoms with E-state index >= 15 is 0 Å². The summed E-state index contributed by atoms with van der Waals surface area (Å²) in [5, 5.41) is 0. The first-order valence-electron chi connectivity index (χ1n) is 9.67. The van der Waals surface area contributed by atoms with E-state index in [4.69, 9.17) is 13.9 Å². The van der Waals surface area contributed by atoms with Gasteiger partial charge in [-0.05, 0) is 42.3 Å². The first kappa shape index (κ1) is 20.5. The average molecular weight is 393 g/mol. The molecule has 152 valence electrons. The normalized spacial score (nSPS) is 11.7. The molecule has 0 aliphatic heterocycles. The molecule has 3 aromatic rings. The van der Waals surface area contributed by atoms with Gasteiger partial charge in [-0.15, -0.1) is 0 Å². The molecule has 0 radical (unpaired) electrons. The lowest BCUT2D eigenvalue weighted by Crippen LogP contribution is -2.30. The van der Waals surface area contributed by atoms with Gasteiger partial charge in [-0.2, -0.15) is 0 Å². The Labute approximate surface area is 171 Å². The largest absolute Gasteiger partial charge is 0.497 e. The van der Waals surface area contributed by atoms with Crippen molar-refractivity contribution in [3.63, 3.8) is 0 Å². The molecule has 3 rings (SSSR count). The molecule has 29 heavy (non-hydrogen) atoms. The number of hydrogen-bond donors (Lipinski definition) is 0. The Bertz CT molecular complexity index is 903. The predicted octanol–water partition coefficient (Wildman–Crippen LogP) is 4.87. The molecular weight excluding hydrogens is 366 g/mol. The van der Waals surface area contributed by atoms with Gasteiger partial charge in [0.15, 0.2) is 0 Å². The van der Waals surface area contributed by atoms with E-state index in [9.17, 15) is 4.79 Å². The third-order valence-corrected chi connectivity index (χ3v) is 5.07. The highest BCUT2D eigenvalue weighted by molar-refractivity contribution is 5.73. The molecule has 0 aliphatic rings. The monoisotopic (exact) mass is 393 g/mol. The minimum atomic E-state index is -0.00105. The topological polar surface area (TPSA) is 51.9 Å². The minimum absolute atomic E-state index is 0.00105. The van der Waals surface area contributed by atoms with Crippen molar-refractivity contribution in [3.05, 3.63) is 83.8 Å². The van der Waals surface area contributed by atoms with Crippen LogP contribution in [0.15, 0.2) is 71.3 Å². The van der Waals surface area contributed by atoms with Crippen molar-refractivity contribution in [1.29, 1.82) is 0 Å². The third-order valence-electron chi connectivity index (χ3n) is 5.07. The summed E-state index contributed by atoms with van der Waals surface area (Å²) in [7, 11) is 3.31. The van der Waals surface area contributed by atoms with Gasteiger partial charge in [0.2, 0.25) is 5.91 Å². The summed E-state index contributed by atoms with van der Waals surface area (Å²) < 4.78 is 16.5. The van der Waals surface area contributed by atoms with Crippen LogP contribution < -0.4 is 9.47 Å². The van der Waals surface area contributed by atoms with Gasteiger partial charge in [0.25, 0.3) is 0 Å². The maximum Gasteiger partial charge on any atom is 0.219 e. The maximum absolute atomic E-state index is 12.3. The number of rotatable bonds is 9. The van der Waals surface area contributed by atoms with Crippen molar-refractivity contribution in [3.8, 4) is 11.5 Å². The van der Waals surface area contributed by atoms with E-state index < -0.39 is 0 Å². The van der Waals surface area contributed by atoms with Gasteiger partial charge in [-0.1, -0.05) is 30.3 Å². The quantitative estimate of drug-likeness (QED) is 0.521. The van der Waals surface area contributed by atoms with Crippen molar-refractivity contribution in [2.45, 2.75) is 25.8 Å². The molecule has 0 N–H and O–H groups in total. The molecule has 1 atom stereocenters. The van der Waals surface area contributed by atoms with Crippen LogP contribution in [0.5, 0.6) is 11.5 Å². The summed E-state index contributed by atoms with van der Waals surface area (Å²) in [6, 6.07) is 19.6. The molecule has 1 aromatic heterocycles. The molecule has 0 aliphatic carbocycles. The lowest BCUT2D eigenvalue weighted by atomic mass is 9.92. The van der Waals surface area contributed by atoms with E-state index in [1.54, 1.807) is 27.4 Å². The molecule has 5 nitrogen and oxygen atoms in total. The number of amides is 1. The summed E-state index contributed by atoms with van der Waals surface area (Å²) in [5.41, 5.74) is 2.12. The van der Waals surface area contributed by atoms with Crippen LogP contribution in [0, 0.1) is 0 Å². The number of methoxy groups -OCH3 is 2. The second kappa shape index (κ2) is 9.82. The molecule has 1 amide bonds. The Kier molecular flexibility index (Phi) is 6.95. The number of hydrogen-bond acceptors (Lipinski definition) is 4. The Morgan fingerprint density at radius 1 is 1.00 bits per heavy atom. The average Bonchev–Trinajstić information content (AvgIpc) is 3.28. The molecule has 0 saturated heterocycles. The maximum atomic E-state index is 12.3. The van der Waals surface area contributed by atoms with E-state index in [1.807, 2.05) is 65.6 Å². The Morgan fingerprint density at radius 3 is 2.38 bits per heavy atom. The standard InChI is InChI=1S/C24H27NO4/c1-18(26)25(17-19-10-12-20(27-2)13-11-19)15-14-22(24-9-6-16-29-24)21-7-4-5-8-23(21)28-3/h4-13,16,22H,14-15,17H2,1-3H3. The van der Waals surface area contributed by atoms with Gasteiger partial charge >= 0.3 is 0 Å². The van der Waals surface area contributed by atoms with Gasteiger partial charge in [0.1, 0.15) is 17.3 Å². The second-order valence-corrected chi connectivity index (χ2v) is 6.89. The Hall–Kier alpha value is -3.21. The number of carbonyl (C=O) groups excluding carboxylic acids is 1. The lowest BCUT2D eigenvalue weighted by Gasteiger charge is -2.25. The zero-order chi connectivity index (χ0) is 20.6. The van der Waals surface area contributed by atoms with Crippen LogP contribution in [0.1, 0.15) is 36.1 Å². The van der Waals surface area contributed by atoms with Crippen LogP contribution in [-0.2, 0) is 11.3 Å². The second-order valence-electron chi connectivity index (χ2n) is 6.89. The SMILES string of the molecule is COc1ccc(CN(CCC(c2ccco2)c2ccccc2OC)C(C)=O)cc1. The van der Waals surface area contributed by atoms with E-state index in [2.05, 4.69) is 0 Å². The minimum Gasteiger partial charge on any atom is -0.497 e. The lowest BCUT2D eigenvalue weighted by molar-refractivity contribution is -0.129. The summed E-state index contributed by atoms with van der Waals surface area (Å²) >= 11 is 0.